The van der Waals surface area contributed by atoms with E-state index in [2.05, 4.69) is 0 Å². The molecule has 0 aromatic heterocycles. The van der Waals surface area contributed by atoms with Gasteiger partial charge in [-0.05, 0) is 41.8 Å². The van der Waals surface area contributed by atoms with Crippen molar-refractivity contribution in [3.05, 3.63) is 69.5 Å². The van der Waals surface area contributed by atoms with E-state index >= 15 is 0 Å². The largest absolute Gasteiger partial charge is 0.419 e. The van der Waals surface area contributed by atoms with E-state index in [1.807, 2.05) is 6.92 Å². The summed E-state index contributed by atoms with van der Waals surface area (Å²) in [5.41, 5.74) is 6.16. The zero-order chi connectivity index (χ0) is 15.8. The summed E-state index contributed by atoms with van der Waals surface area (Å²) in [6.45, 7) is 1.83. The van der Waals surface area contributed by atoms with Crippen LogP contribution in [0.25, 0.3) is 0 Å². The molecule has 0 amide bonds. The molecule has 0 aliphatic carbocycles. The van der Waals surface area contributed by atoms with E-state index < -0.39 is 23.6 Å². The van der Waals surface area contributed by atoms with Crippen molar-refractivity contribution in [3.8, 4) is 0 Å². The smallest absolute Gasteiger partial charge is 0.320 e. The second-order valence-electron chi connectivity index (χ2n) is 4.74. The first kappa shape index (κ1) is 15.8. The first-order valence-corrected chi connectivity index (χ1v) is 6.46. The van der Waals surface area contributed by atoms with Crippen molar-refractivity contribution in [2.45, 2.75) is 19.1 Å². The van der Waals surface area contributed by atoms with Crippen molar-refractivity contribution in [1.29, 1.82) is 0 Å². The summed E-state index contributed by atoms with van der Waals surface area (Å²) in [5.74, 6) is -1.33. The topological polar surface area (TPSA) is 26.0 Å². The van der Waals surface area contributed by atoms with Gasteiger partial charge >= 0.3 is 6.18 Å². The monoisotopic (exact) mass is 317 g/mol. The predicted molar refractivity (Wildman–Crippen MR) is 73.6 cm³/mol. The fourth-order valence-corrected chi connectivity index (χ4v) is 2.37. The highest BCUT2D eigenvalue weighted by molar-refractivity contribution is 6.31. The van der Waals surface area contributed by atoms with Crippen LogP contribution in [-0.2, 0) is 6.18 Å². The Hall–Kier alpha value is -1.59. The molecule has 0 aliphatic heterocycles. The van der Waals surface area contributed by atoms with E-state index in [-0.39, 0.29) is 5.56 Å². The molecule has 21 heavy (non-hydrogen) atoms. The Morgan fingerprint density at radius 1 is 1.10 bits per heavy atom. The lowest BCUT2D eigenvalue weighted by molar-refractivity contribution is -0.140. The van der Waals surface area contributed by atoms with Crippen LogP contribution in [0.4, 0.5) is 17.6 Å². The Morgan fingerprint density at radius 3 is 2.33 bits per heavy atom. The third-order valence-electron chi connectivity index (χ3n) is 3.15. The Balaban J connectivity index is 2.46. The lowest BCUT2D eigenvalue weighted by Crippen LogP contribution is -2.15. The molecule has 0 aliphatic rings. The molecule has 2 aromatic carbocycles. The molecule has 0 bridgehead atoms. The molecule has 112 valence electrons. The Morgan fingerprint density at radius 2 is 1.76 bits per heavy atom. The van der Waals surface area contributed by atoms with Gasteiger partial charge in [-0.25, -0.2) is 4.39 Å². The fraction of sp³-hybridized carbons (Fsp3) is 0.200. The van der Waals surface area contributed by atoms with E-state index in [0.717, 1.165) is 17.7 Å². The highest BCUT2D eigenvalue weighted by atomic mass is 35.5. The molecule has 2 N–H and O–H groups in total. The molecular formula is C15H12ClF4N. The average Bonchev–Trinajstić information content (AvgIpc) is 2.37. The van der Waals surface area contributed by atoms with Gasteiger partial charge in [0.2, 0.25) is 0 Å². The molecule has 2 rings (SSSR count). The molecule has 6 heteroatoms. The maximum absolute atomic E-state index is 13.3. The second kappa shape index (κ2) is 5.66. The number of aryl methyl sites for hydroxylation is 1. The summed E-state index contributed by atoms with van der Waals surface area (Å²) in [5, 5.41) is 0.361. The van der Waals surface area contributed by atoms with Crippen molar-refractivity contribution in [3.63, 3.8) is 0 Å². The minimum Gasteiger partial charge on any atom is -0.320 e. The van der Waals surface area contributed by atoms with Crippen LogP contribution in [0.3, 0.4) is 0 Å². The van der Waals surface area contributed by atoms with Gasteiger partial charge in [-0.1, -0.05) is 29.8 Å². The molecule has 0 heterocycles. The fourth-order valence-electron chi connectivity index (χ4n) is 2.02. The first-order chi connectivity index (χ1) is 9.70. The number of hydrogen-bond donors (Lipinski definition) is 1. The number of rotatable bonds is 2. The highest BCUT2D eigenvalue weighted by Crippen LogP contribution is 2.34. The zero-order valence-electron chi connectivity index (χ0n) is 11.0. The van der Waals surface area contributed by atoms with E-state index in [4.69, 9.17) is 17.3 Å². The van der Waals surface area contributed by atoms with Gasteiger partial charge in [0.05, 0.1) is 11.6 Å². The molecule has 1 atom stereocenters. The number of hydrogen-bond acceptors (Lipinski definition) is 1. The third kappa shape index (κ3) is 3.36. The van der Waals surface area contributed by atoms with Crippen LogP contribution >= 0.6 is 11.6 Å². The van der Waals surface area contributed by atoms with Gasteiger partial charge in [-0.15, -0.1) is 0 Å². The third-order valence-corrected chi connectivity index (χ3v) is 3.47. The summed E-state index contributed by atoms with van der Waals surface area (Å²) in [4.78, 5) is 0. The SMILES string of the molecule is Cc1ccc(C(N)c2ccc(F)c(C(F)(F)F)c2)c(Cl)c1. The van der Waals surface area contributed by atoms with Gasteiger partial charge in [-0.2, -0.15) is 13.2 Å². The van der Waals surface area contributed by atoms with Gasteiger partial charge in [-0.3, -0.25) is 0 Å². The van der Waals surface area contributed by atoms with Gasteiger partial charge in [0.15, 0.2) is 0 Å². The van der Waals surface area contributed by atoms with Crippen LogP contribution in [0.1, 0.15) is 28.3 Å². The number of nitrogens with two attached hydrogens (primary N) is 1. The van der Waals surface area contributed by atoms with Crippen LogP contribution in [-0.4, -0.2) is 0 Å². The maximum atomic E-state index is 13.3. The van der Waals surface area contributed by atoms with E-state index in [0.29, 0.717) is 10.6 Å². The lowest BCUT2D eigenvalue weighted by Gasteiger charge is -2.17. The predicted octanol–water partition coefficient (Wildman–Crippen LogP) is 4.85. The summed E-state index contributed by atoms with van der Waals surface area (Å²) in [6.07, 6.45) is -4.77. The van der Waals surface area contributed by atoms with Crippen molar-refractivity contribution in [1.82, 2.24) is 0 Å². The van der Waals surface area contributed by atoms with Crippen LogP contribution in [0.2, 0.25) is 5.02 Å². The van der Waals surface area contributed by atoms with Crippen LogP contribution in [0.15, 0.2) is 36.4 Å². The summed E-state index contributed by atoms with van der Waals surface area (Å²) >= 11 is 6.06. The molecule has 0 spiro atoms. The molecule has 1 nitrogen and oxygen atoms in total. The maximum Gasteiger partial charge on any atom is 0.419 e. The molecule has 0 radical (unpaired) electrons. The van der Waals surface area contributed by atoms with Gasteiger partial charge < -0.3 is 5.73 Å². The van der Waals surface area contributed by atoms with E-state index in [1.54, 1.807) is 18.2 Å². The van der Waals surface area contributed by atoms with Crippen LogP contribution < -0.4 is 5.73 Å². The van der Waals surface area contributed by atoms with Gasteiger partial charge in [0.25, 0.3) is 0 Å². The average molecular weight is 318 g/mol. The van der Waals surface area contributed by atoms with E-state index in [9.17, 15) is 17.6 Å². The Kier molecular flexibility index (Phi) is 4.25. The minimum absolute atomic E-state index is 0.148. The number of halogens is 5. The normalized spacial score (nSPS) is 13.3. The van der Waals surface area contributed by atoms with Gasteiger partial charge in [0, 0.05) is 5.02 Å². The molecular weight excluding hydrogens is 306 g/mol. The summed E-state index contributed by atoms with van der Waals surface area (Å²) < 4.78 is 51.4. The quantitative estimate of drug-likeness (QED) is 0.787. The van der Waals surface area contributed by atoms with Crippen molar-refractivity contribution >= 4 is 11.6 Å². The number of alkyl halides is 3. The van der Waals surface area contributed by atoms with Gasteiger partial charge in [0.1, 0.15) is 5.82 Å². The van der Waals surface area contributed by atoms with Crippen LogP contribution in [0.5, 0.6) is 0 Å². The van der Waals surface area contributed by atoms with E-state index in [1.165, 1.54) is 6.07 Å². The molecule has 0 fully saturated rings. The summed E-state index contributed by atoms with van der Waals surface area (Å²) in [6, 6.07) is 6.93. The zero-order valence-corrected chi connectivity index (χ0v) is 11.8. The molecule has 1 unspecified atom stereocenters. The molecule has 0 saturated carbocycles. The standard InChI is InChI=1S/C15H12ClF4N/c1-8-2-4-10(12(16)6-8)14(21)9-3-5-13(17)11(7-9)15(18,19)20/h2-7,14H,21H2,1H3. The number of benzene rings is 2. The molecule has 0 saturated heterocycles. The second-order valence-corrected chi connectivity index (χ2v) is 5.15. The minimum atomic E-state index is -4.77. The van der Waals surface area contributed by atoms with Crippen LogP contribution in [0, 0.1) is 12.7 Å². The Labute approximate surface area is 124 Å². The van der Waals surface area contributed by atoms with Crippen molar-refractivity contribution in [2.24, 2.45) is 5.73 Å². The highest BCUT2D eigenvalue weighted by Gasteiger charge is 2.34. The molecule has 2 aromatic rings. The first-order valence-electron chi connectivity index (χ1n) is 6.08. The lowest BCUT2D eigenvalue weighted by atomic mass is 9.97. The van der Waals surface area contributed by atoms with Crippen molar-refractivity contribution in [2.75, 3.05) is 0 Å². The van der Waals surface area contributed by atoms with Crippen molar-refractivity contribution < 1.29 is 17.6 Å². The summed E-state index contributed by atoms with van der Waals surface area (Å²) in [7, 11) is 0. The Bertz CT molecular complexity index is 667.